The summed E-state index contributed by atoms with van der Waals surface area (Å²) in [6, 6.07) is 0. The average Bonchev–Trinajstić information content (AvgIpc) is 2.16. The molecule has 0 amide bonds. The number of hydrogen-bond acceptors (Lipinski definition) is 1. The van der Waals surface area contributed by atoms with E-state index in [1.165, 1.54) is 25.7 Å². The lowest BCUT2D eigenvalue weighted by molar-refractivity contribution is -0.119. The van der Waals surface area contributed by atoms with Crippen LogP contribution < -0.4 is 0 Å². The third-order valence-corrected chi connectivity index (χ3v) is 2.91. The number of carbonyl (C=O) groups is 1. The lowest BCUT2D eigenvalue weighted by atomic mass is 9.92. The molecule has 1 saturated carbocycles. The Labute approximate surface area is 81.2 Å². The predicted octanol–water partition coefficient (Wildman–Crippen LogP) is 3.49. The Balaban J connectivity index is 2.36. The minimum Gasteiger partial charge on any atom is -0.300 e. The number of Topliss-reactive ketones (excluding diaryl/α,β-unsaturated/α-hetero) is 1. The van der Waals surface area contributed by atoms with Gasteiger partial charge in [-0.2, -0.15) is 0 Å². The molecule has 0 aromatic rings. The van der Waals surface area contributed by atoms with Gasteiger partial charge >= 0.3 is 0 Å². The van der Waals surface area contributed by atoms with E-state index >= 15 is 0 Å². The van der Waals surface area contributed by atoms with Crippen LogP contribution in [0.25, 0.3) is 0 Å². The van der Waals surface area contributed by atoms with E-state index in [0.29, 0.717) is 11.7 Å². The first-order valence-corrected chi connectivity index (χ1v) is 5.47. The summed E-state index contributed by atoms with van der Waals surface area (Å²) in [6.45, 7) is 3.82. The molecule has 1 aliphatic rings. The van der Waals surface area contributed by atoms with E-state index in [4.69, 9.17) is 0 Å². The Bertz CT molecular complexity index is 172. The van der Waals surface area contributed by atoms with Gasteiger partial charge in [-0.3, -0.25) is 4.79 Å². The van der Waals surface area contributed by atoms with Crippen LogP contribution in [0.15, 0.2) is 12.7 Å². The highest BCUT2D eigenvalue weighted by atomic mass is 16.1. The van der Waals surface area contributed by atoms with Gasteiger partial charge in [0.05, 0.1) is 0 Å². The van der Waals surface area contributed by atoms with Gasteiger partial charge in [-0.15, -0.1) is 6.58 Å². The molecule has 1 atom stereocenters. The molecule has 0 bridgehead atoms. The van der Waals surface area contributed by atoms with E-state index in [0.717, 1.165) is 25.7 Å². The van der Waals surface area contributed by atoms with Crippen LogP contribution in [0.3, 0.4) is 0 Å². The summed E-state index contributed by atoms with van der Waals surface area (Å²) in [5, 5.41) is 0. The molecule has 0 heterocycles. The van der Waals surface area contributed by atoms with E-state index in [1.54, 1.807) is 0 Å². The van der Waals surface area contributed by atoms with E-state index in [2.05, 4.69) is 6.58 Å². The molecule has 0 aliphatic heterocycles. The van der Waals surface area contributed by atoms with Crippen molar-refractivity contribution in [3.8, 4) is 0 Å². The molecule has 0 spiro atoms. The second-order valence-corrected chi connectivity index (χ2v) is 4.03. The van der Waals surface area contributed by atoms with Crippen molar-refractivity contribution in [3.63, 3.8) is 0 Å². The van der Waals surface area contributed by atoms with Crippen molar-refractivity contribution in [2.24, 2.45) is 5.92 Å². The summed E-state index contributed by atoms with van der Waals surface area (Å²) < 4.78 is 0. The Hall–Kier alpha value is -0.590. The number of hydrogen-bond donors (Lipinski definition) is 0. The predicted molar refractivity (Wildman–Crippen MR) is 55.6 cm³/mol. The Kier molecular flexibility index (Phi) is 4.81. The molecular weight excluding hydrogens is 160 g/mol. The summed E-state index contributed by atoms with van der Waals surface area (Å²) >= 11 is 0. The van der Waals surface area contributed by atoms with Crippen molar-refractivity contribution in [2.75, 3.05) is 0 Å². The van der Waals surface area contributed by atoms with Crippen LogP contribution in [0.2, 0.25) is 0 Å². The van der Waals surface area contributed by atoms with Crippen LogP contribution >= 0.6 is 0 Å². The molecule has 13 heavy (non-hydrogen) atoms. The zero-order valence-electron chi connectivity index (χ0n) is 8.43. The van der Waals surface area contributed by atoms with Crippen molar-refractivity contribution in [3.05, 3.63) is 12.7 Å². The van der Waals surface area contributed by atoms with E-state index in [-0.39, 0.29) is 0 Å². The second kappa shape index (κ2) is 5.95. The highest BCUT2D eigenvalue weighted by molar-refractivity contribution is 5.78. The van der Waals surface area contributed by atoms with Crippen LogP contribution in [0.5, 0.6) is 0 Å². The molecule has 1 aliphatic carbocycles. The van der Waals surface area contributed by atoms with Gasteiger partial charge in [0.25, 0.3) is 0 Å². The number of ketones is 1. The van der Waals surface area contributed by atoms with Crippen molar-refractivity contribution in [1.82, 2.24) is 0 Å². The molecule has 1 rings (SSSR count). The normalized spacial score (nSPS) is 26.8. The number of carbonyl (C=O) groups excluding carboxylic acids is 1. The summed E-state index contributed by atoms with van der Waals surface area (Å²) in [4.78, 5) is 11.3. The first-order chi connectivity index (χ1) is 6.33. The maximum absolute atomic E-state index is 11.3. The highest BCUT2D eigenvalue weighted by Crippen LogP contribution is 2.20. The quantitative estimate of drug-likeness (QED) is 0.564. The molecule has 1 nitrogen and oxygen atoms in total. The molecule has 0 aromatic carbocycles. The largest absolute Gasteiger partial charge is 0.300 e. The van der Waals surface area contributed by atoms with Gasteiger partial charge in [-0.1, -0.05) is 25.3 Å². The smallest absolute Gasteiger partial charge is 0.132 e. The Morgan fingerprint density at radius 3 is 2.62 bits per heavy atom. The molecule has 1 unspecified atom stereocenters. The maximum Gasteiger partial charge on any atom is 0.132 e. The van der Waals surface area contributed by atoms with Gasteiger partial charge in [0.1, 0.15) is 5.78 Å². The summed E-state index contributed by atoms with van der Waals surface area (Å²) in [5.41, 5.74) is 0. The highest BCUT2D eigenvalue weighted by Gasteiger charge is 2.10. The van der Waals surface area contributed by atoms with Crippen LogP contribution in [-0.4, -0.2) is 5.78 Å². The van der Waals surface area contributed by atoms with Crippen molar-refractivity contribution in [2.45, 2.75) is 51.4 Å². The standard InChI is InChI=1S/C12H20O/c1-2-11-7-5-3-4-6-8-12(13)10-9-11/h2,11H,1,3-10H2. The van der Waals surface area contributed by atoms with E-state index in [1.807, 2.05) is 6.08 Å². The molecule has 0 radical (unpaired) electrons. The lowest BCUT2D eigenvalue weighted by Crippen LogP contribution is -2.05. The third kappa shape index (κ3) is 4.25. The molecule has 0 saturated heterocycles. The zero-order chi connectivity index (χ0) is 9.52. The zero-order valence-corrected chi connectivity index (χ0v) is 8.43. The minimum atomic E-state index is 0.453. The van der Waals surface area contributed by atoms with Crippen LogP contribution in [0.4, 0.5) is 0 Å². The molecule has 1 heteroatoms. The molecule has 0 aromatic heterocycles. The average molecular weight is 180 g/mol. The summed E-state index contributed by atoms with van der Waals surface area (Å²) in [5.74, 6) is 1.04. The van der Waals surface area contributed by atoms with Crippen LogP contribution in [0, 0.1) is 5.92 Å². The second-order valence-electron chi connectivity index (χ2n) is 4.03. The van der Waals surface area contributed by atoms with Crippen LogP contribution in [-0.2, 0) is 4.79 Å². The first kappa shape index (κ1) is 10.5. The fourth-order valence-corrected chi connectivity index (χ4v) is 1.93. The molecular formula is C12H20O. The van der Waals surface area contributed by atoms with Crippen LogP contribution in [0.1, 0.15) is 51.4 Å². The topological polar surface area (TPSA) is 17.1 Å². The number of rotatable bonds is 1. The van der Waals surface area contributed by atoms with Gasteiger partial charge in [0.2, 0.25) is 0 Å². The fraction of sp³-hybridized carbons (Fsp3) is 0.750. The molecule has 0 N–H and O–H groups in total. The van der Waals surface area contributed by atoms with Gasteiger partial charge in [0.15, 0.2) is 0 Å². The first-order valence-electron chi connectivity index (χ1n) is 5.47. The number of allylic oxidation sites excluding steroid dienone is 1. The summed E-state index contributed by atoms with van der Waals surface area (Å²) in [7, 11) is 0. The van der Waals surface area contributed by atoms with Gasteiger partial charge < -0.3 is 0 Å². The summed E-state index contributed by atoms with van der Waals surface area (Å²) in [6.07, 6.45) is 10.8. The Morgan fingerprint density at radius 1 is 1.08 bits per heavy atom. The fourth-order valence-electron chi connectivity index (χ4n) is 1.93. The minimum absolute atomic E-state index is 0.453. The molecule has 1 fully saturated rings. The monoisotopic (exact) mass is 180 g/mol. The van der Waals surface area contributed by atoms with Gasteiger partial charge in [-0.05, 0) is 25.2 Å². The maximum atomic E-state index is 11.3. The van der Waals surface area contributed by atoms with E-state index in [9.17, 15) is 4.79 Å². The molecule has 74 valence electrons. The third-order valence-electron chi connectivity index (χ3n) is 2.91. The SMILES string of the molecule is C=CC1CCCCCCC(=O)CC1. The Morgan fingerprint density at radius 2 is 1.85 bits per heavy atom. The lowest BCUT2D eigenvalue weighted by Gasteiger charge is -2.13. The van der Waals surface area contributed by atoms with Crippen molar-refractivity contribution in [1.29, 1.82) is 0 Å². The van der Waals surface area contributed by atoms with Crippen molar-refractivity contribution >= 4 is 5.78 Å². The van der Waals surface area contributed by atoms with Gasteiger partial charge in [-0.25, -0.2) is 0 Å². The van der Waals surface area contributed by atoms with Crippen molar-refractivity contribution < 1.29 is 4.79 Å². The van der Waals surface area contributed by atoms with Gasteiger partial charge in [0, 0.05) is 12.8 Å². The van der Waals surface area contributed by atoms with E-state index < -0.39 is 0 Å².